The van der Waals surface area contributed by atoms with E-state index in [9.17, 15) is 4.79 Å². The van der Waals surface area contributed by atoms with E-state index in [1.54, 1.807) is 11.3 Å². The molecule has 33 heavy (non-hydrogen) atoms. The van der Waals surface area contributed by atoms with Crippen LogP contribution >= 0.6 is 11.3 Å². The molecule has 0 bridgehead atoms. The molecule has 2 fully saturated rings. The van der Waals surface area contributed by atoms with Crippen molar-refractivity contribution in [3.63, 3.8) is 0 Å². The van der Waals surface area contributed by atoms with E-state index >= 15 is 0 Å². The molecule has 1 N–H and O–H groups in total. The predicted octanol–water partition coefficient (Wildman–Crippen LogP) is 3.99. The van der Waals surface area contributed by atoms with Crippen molar-refractivity contribution in [3.8, 4) is 0 Å². The lowest BCUT2D eigenvalue weighted by Crippen LogP contribution is -2.49. The van der Waals surface area contributed by atoms with Gasteiger partial charge in [-0.25, -0.2) is 0 Å². The Morgan fingerprint density at radius 3 is 2.67 bits per heavy atom. The summed E-state index contributed by atoms with van der Waals surface area (Å²) in [6.07, 6.45) is 0.960. The third kappa shape index (κ3) is 6.01. The Hall–Kier alpha value is -2.25. The number of hydrogen-bond donors (Lipinski definition) is 1. The van der Waals surface area contributed by atoms with Crippen LogP contribution in [0.4, 0.5) is 0 Å². The number of nitrogens with zero attached hydrogens (tertiary/aromatic N) is 2. The van der Waals surface area contributed by atoms with Crippen molar-refractivity contribution < 1.29 is 9.53 Å². The Kier molecular flexibility index (Phi) is 7.37. The molecule has 2 aliphatic heterocycles. The minimum atomic E-state index is 0.0326. The van der Waals surface area contributed by atoms with E-state index in [0.717, 1.165) is 58.9 Å². The van der Waals surface area contributed by atoms with Crippen LogP contribution in [0.25, 0.3) is 10.8 Å². The number of morpholine rings is 1. The van der Waals surface area contributed by atoms with Gasteiger partial charge in [-0.15, -0.1) is 11.3 Å². The zero-order chi connectivity index (χ0) is 22.5. The second kappa shape index (κ2) is 10.8. The third-order valence-electron chi connectivity index (χ3n) is 6.84. The molecule has 0 unspecified atom stereocenters. The smallest absolute Gasteiger partial charge is 0.224 e. The minimum Gasteiger partial charge on any atom is -0.379 e. The molecule has 0 radical (unpaired) electrons. The average molecular weight is 464 g/mol. The summed E-state index contributed by atoms with van der Waals surface area (Å²) in [5, 5.41) is 7.81. The molecule has 0 aliphatic carbocycles. The van der Waals surface area contributed by atoms with Crippen LogP contribution in [0, 0.1) is 11.8 Å². The highest BCUT2D eigenvalue weighted by atomic mass is 32.1. The molecule has 174 valence electrons. The van der Waals surface area contributed by atoms with Gasteiger partial charge in [-0.3, -0.25) is 14.6 Å². The van der Waals surface area contributed by atoms with Crippen molar-refractivity contribution in [1.82, 2.24) is 15.1 Å². The summed E-state index contributed by atoms with van der Waals surface area (Å²) in [5.74, 6) is 0.721. The maximum Gasteiger partial charge on any atom is 0.224 e. The zero-order valence-electron chi connectivity index (χ0n) is 19.1. The highest BCUT2D eigenvalue weighted by Gasteiger charge is 2.32. The third-order valence-corrected chi connectivity index (χ3v) is 7.72. The number of piperidine rings is 1. The molecule has 3 aromatic rings. The lowest BCUT2D eigenvalue weighted by Gasteiger charge is -2.40. The molecule has 0 saturated carbocycles. The van der Waals surface area contributed by atoms with Crippen molar-refractivity contribution in [2.45, 2.75) is 19.5 Å². The lowest BCUT2D eigenvalue weighted by molar-refractivity contribution is -0.128. The molecule has 1 aromatic heterocycles. The number of thiophene rings is 1. The van der Waals surface area contributed by atoms with Gasteiger partial charge in [-0.1, -0.05) is 42.5 Å². The van der Waals surface area contributed by atoms with Gasteiger partial charge in [0.15, 0.2) is 0 Å². The van der Waals surface area contributed by atoms with Crippen molar-refractivity contribution >= 4 is 28.0 Å². The Morgan fingerprint density at radius 2 is 1.85 bits per heavy atom. The SMILES string of the molecule is O=C(NCc1cccs1)[C@@H]1C[C@H](CN2CCOCC2)CN(Cc2ccc3ccccc3c2)C1. The van der Waals surface area contributed by atoms with Crippen LogP contribution in [0.2, 0.25) is 0 Å². The largest absolute Gasteiger partial charge is 0.379 e. The predicted molar refractivity (Wildman–Crippen MR) is 134 cm³/mol. The van der Waals surface area contributed by atoms with Crippen molar-refractivity contribution in [2.75, 3.05) is 45.9 Å². The van der Waals surface area contributed by atoms with Crippen molar-refractivity contribution in [3.05, 3.63) is 70.4 Å². The highest BCUT2D eigenvalue weighted by Crippen LogP contribution is 2.26. The van der Waals surface area contributed by atoms with Crippen LogP contribution in [0.1, 0.15) is 16.9 Å². The topological polar surface area (TPSA) is 44.8 Å². The van der Waals surface area contributed by atoms with E-state index in [2.05, 4.69) is 69.0 Å². The number of carbonyl (C=O) groups excluding carboxylic acids is 1. The van der Waals surface area contributed by atoms with Crippen LogP contribution in [0.5, 0.6) is 0 Å². The maximum absolute atomic E-state index is 13.1. The van der Waals surface area contributed by atoms with E-state index in [0.29, 0.717) is 12.5 Å². The van der Waals surface area contributed by atoms with Crippen LogP contribution < -0.4 is 5.32 Å². The number of amides is 1. The molecule has 2 aliphatic rings. The number of likely N-dealkylation sites (tertiary alicyclic amines) is 1. The van der Waals surface area contributed by atoms with Gasteiger partial charge in [0, 0.05) is 44.1 Å². The quantitative estimate of drug-likeness (QED) is 0.576. The van der Waals surface area contributed by atoms with E-state index in [1.165, 1.54) is 21.2 Å². The van der Waals surface area contributed by atoms with E-state index in [1.807, 2.05) is 6.07 Å². The molecule has 0 spiro atoms. The van der Waals surface area contributed by atoms with Crippen LogP contribution in [0.3, 0.4) is 0 Å². The first-order valence-corrected chi connectivity index (χ1v) is 12.9. The van der Waals surface area contributed by atoms with Crippen molar-refractivity contribution in [1.29, 1.82) is 0 Å². The van der Waals surface area contributed by atoms with Gasteiger partial charge in [-0.05, 0) is 46.2 Å². The summed E-state index contributed by atoms with van der Waals surface area (Å²) in [7, 11) is 0. The summed E-state index contributed by atoms with van der Waals surface area (Å²) in [4.78, 5) is 19.3. The molecule has 1 amide bonds. The number of fused-ring (bicyclic) bond motifs is 1. The summed E-state index contributed by atoms with van der Waals surface area (Å²) < 4.78 is 5.54. The van der Waals surface area contributed by atoms with Gasteiger partial charge in [0.2, 0.25) is 5.91 Å². The van der Waals surface area contributed by atoms with Gasteiger partial charge < -0.3 is 10.1 Å². The number of carbonyl (C=O) groups is 1. The average Bonchev–Trinajstić information content (AvgIpc) is 3.37. The van der Waals surface area contributed by atoms with Crippen LogP contribution in [0.15, 0.2) is 60.0 Å². The molecule has 6 heteroatoms. The minimum absolute atomic E-state index is 0.0326. The fourth-order valence-electron chi connectivity index (χ4n) is 5.23. The van der Waals surface area contributed by atoms with E-state index in [4.69, 9.17) is 4.74 Å². The maximum atomic E-state index is 13.1. The summed E-state index contributed by atoms with van der Waals surface area (Å²) in [6, 6.07) is 19.4. The molecule has 5 rings (SSSR count). The van der Waals surface area contributed by atoms with Crippen LogP contribution in [-0.2, 0) is 22.6 Å². The monoisotopic (exact) mass is 463 g/mol. The normalized spacial score (nSPS) is 22.4. The van der Waals surface area contributed by atoms with Gasteiger partial charge in [0.1, 0.15) is 0 Å². The van der Waals surface area contributed by atoms with Crippen LogP contribution in [-0.4, -0.2) is 61.6 Å². The number of ether oxygens (including phenoxy) is 1. The van der Waals surface area contributed by atoms with Gasteiger partial charge in [-0.2, -0.15) is 0 Å². The molecule has 5 nitrogen and oxygen atoms in total. The molecular formula is C27H33N3O2S. The summed E-state index contributed by atoms with van der Waals surface area (Å²) in [5.41, 5.74) is 1.32. The number of nitrogens with one attached hydrogen (secondary N) is 1. The summed E-state index contributed by atoms with van der Waals surface area (Å²) >= 11 is 1.69. The Morgan fingerprint density at radius 1 is 1.00 bits per heavy atom. The zero-order valence-corrected chi connectivity index (χ0v) is 19.9. The first-order chi connectivity index (χ1) is 16.2. The van der Waals surface area contributed by atoms with E-state index in [-0.39, 0.29) is 11.8 Å². The van der Waals surface area contributed by atoms with Gasteiger partial charge >= 0.3 is 0 Å². The number of rotatable bonds is 7. The summed E-state index contributed by atoms with van der Waals surface area (Å²) in [6.45, 7) is 8.06. The Balaban J connectivity index is 1.27. The molecule has 2 saturated heterocycles. The fourth-order valence-corrected chi connectivity index (χ4v) is 5.87. The number of benzene rings is 2. The van der Waals surface area contributed by atoms with E-state index < -0.39 is 0 Å². The molecular weight excluding hydrogens is 430 g/mol. The first kappa shape index (κ1) is 22.5. The van der Waals surface area contributed by atoms with Gasteiger partial charge in [0.25, 0.3) is 0 Å². The Labute approximate surface area is 200 Å². The second-order valence-corrected chi connectivity index (χ2v) is 10.4. The molecule has 3 heterocycles. The Bertz CT molecular complexity index is 1050. The molecule has 2 aromatic carbocycles. The fraction of sp³-hybridized carbons (Fsp3) is 0.444. The van der Waals surface area contributed by atoms with Gasteiger partial charge in [0.05, 0.1) is 25.7 Å². The highest BCUT2D eigenvalue weighted by molar-refractivity contribution is 7.09. The molecule has 2 atom stereocenters. The lowest BCUT2D eigenvalue weighted by atomic mass is 9.87. The number of hydrogen-bond acceptors (Lipinski definition) is 5. The van der Waals surface area contributed by atoms with Crippen molar-refractivity contribution in [2.24, 2.45) is 11.8 Å². The second-order valence-electron chi connectivity index (χ2n) is 9.38. The first-order valence-electron chi connectivity index (χ1n) is 12.0. The standard InChI is InChI=1S/C27H33N3O2S/c31-27(28-16-26-6-3-13-33-26)25-15-22(18-29-9-11-32-12-10-29)19-30(20-25)17-21-7-8-23-4-1-2-5-24(23)14-21/h1-8,13-14,22,25H,9-12,15-20H2,(H,28,31)/t22-,25-/m1/s1.